The second kappa shape index (κ2) is 7.24. The molecule has 2 aliphatic heterocycles. The maximum Gasteiger partial charge on any atom is 0.141 e. The van der Waals surface area contributed by atoms with Crippen molar-refractivity contribution in [3.63, 3.8) is 0 Å². The molecule has 2 atom stereocenters. The van der Waals surface area contributed by atoms with Gasteiger partial charge in [-0.1, -0.05) is 48.5 Å². The van der Waals surface area contributed by atoms with Crippen LogP contribution in [0.2, 0.25) is 0 Å². The molecule has 3 aromatic carbocycles. The molecule has 0 aromatic heterocycles. The molecule has 0 amide bonds. The number of benzene rings is 3. The number of hydrogen-bond donors (Lipinski definition) is 0. The number of para-hydroxylation sites is 1. The summed E-state index contributed by atoms with van der Waals surface area (Å²) in [5, 5.41) is 4.56. The van der Waals surface area contributed by atoms with Crippen molar-refractivity contribution in [2.24, 2.45) is 4.99 Å². The van der Waals surface area contributed by atoms with Gasteiger partial charge in [-0.2, -0.15) is 0 Å². The zero-order valence-electron chi connectivity index (χ0n) is 15.4. The Morgan fingerprint density at radius 1 is 0.786 bits per heavy atom. The Kier molecular flexibility index (Phi) is 4.30. The van der Waals surface area contributed by atoms with Crippen molar-refractivity contribution in [2.45, 2.75) is 18.6 Å². The standard InChI is InChI=1S/C24H21N3O/c1-3-8-19(9-4-1)23-18-24-25-16-7-17-26(24)27(23)20-12-14-22(15-13-20)28-21-10-5-2-6-11-21/h1-17,23-24H,18H2. The van der Waals surface area contributed by atoms with Gasteiger partial charge in [0.1, 0.15) is 17.7 Å². The van der Waals surface area contributed by atoms with Gasteiger partial charge < -0.3 is 4.74 Å². The lowest BCUT2D eigenvalue weighted by molar-refractivity contribution is 0.327. The third kappa shape index (κ3) is 3.14. The molecule has 5 rings (SSSR count). The van der Waals surface area contributed by atoms with Crippen molar-refractivity contribution in [3.8, 4) is 11.5 Å². The predicted octanol–water partition coefficient (Wildman–Crippen LogP) is 5.57. The maximum atomic E-state index is 5.94. The Morgan fingerprint density at radius 3 is 2.21 bits per heavy atom. The summed E-state index contributed by atoms with van der Waals surface area (Å²) in [7, 11) is 0. The van der Waals surface area contributed by atoms with E-state index in [4.69, 9.17) is 4.74 Å². The first-order valence-electron chi connectivity index (χ1n) is 9.54. The van der Waals surface area contributed by atoms with Gasteiger partial charge in [0.15, 0.2) is 0 Å². The van der Waals surface area contributed by atoms with Gasteiger partial charge in [-0.25, -0.2) is 0 Å². The quantitative estimate of drug-likeness (QED) is 0.603. The molecule has 28 heavy (non-hydrogen) atoms. The predicted molar refractivity (Wildman–Crippen MR) is 112 cm³/mol. The molecule has 2 heterocycles. The van der Waals surface area contributed by atoms with Crippen LogP contribution in [0.3, 0.4) is 0 Å². The zero-order valence-corrected chi connectivity index (χ0v) is 15.4. The molecule has 0 spiro atoms. The van der Waals surface area contributed by atoms with Crippen LogP contribution in [0, 0.1) is 0 Å². The summed E-state index contributed by atoms with van der Waals surface area (Å²) < 4.78 is 5.94. The van der Waals surface area contributed by atoms with Crippen LogP contribution in [0.1, 0.15) is 18.0 Å². The molecule has 1 fully saturated rings. The number of hydrogen-bond acceptors (Lipinski definition) is 4. The summed E-state index contributed by atoms with van der Waals surface area (Å²) in [4.78, 5) is 4.66. The fraction of sp³-hybridized carbons (Fsp3) is 0.125. The summed E-state index contributed by atoms with van der Waals surface area (Å²) in [6, 6.07) is 29.0. The van der Waals surface area contributed by atoms with E-state index in [1.54, 1.807) is 0 Å². The van der Waals surface area contributed by atoms with E-state index < -0.39 is 0 Å². The number of allylic oxidation sites excluding steroid dienone is 1. The second-order valence-corrected chi connectivity index (χ2v) is 6.92. The Labute approximate surface area is 165 Å². The third-order valence-electron chi connectivity index (χ3n) is 5.13. The number of nitrogens with zero attached hydrogens (tertiary/aromatic N) is 3. The van der Waals surface area contributed by atoms with Crippen LogP contribution >= 0.6 is 0 Å². The summed E-state index contributed by atoms with van der Waals surface area (Å²) in [6.07, 6.45) is 7.07. The molecular formula is C24H21N3O. The number of aliphatic imine (C=N–C) groups is 1. The van der Waals surface area contributed by atoms with Gasteiger partial charge in [0.2, 0.25) is 0 Å². The third-order valence-corrected chi connectivity index (χ3v) is 5.13. The van der Waals surface area contributed by atoms with Crippen LogP contribution in [0.25, 0.3) is 0 Å². The van der Waals surface area contributed by atoms with Gasteiger partial charge in [-0.3, -0.25) is 15.0 Å². The van der Waals surface area contributed by atoms with Crippen LogP contribution < -0.4 is 9.75 Å². The normalized spacial score (nSPS) is 20.3. The minimum Gasteiger partial charge on any atom is -0.457 e. The Balaban J connectivity index is 1.45. The van der Waals surface area contributed by atoms with E-state index in [-0.39, 0.29) is 12.2 Å². The van der Waals surface area contributed by atoms with Gasteiger partial charge in [0.25, 0.3) is 0 Å². The molecule has 4 nitrogen and oxygen atoms in total. The van der Waals surface area contributed by atoms with E-state index in [1.807, 2.05) is 54.8 Å². The number of anilines is 1. The summed E-state index contributed by atoms with van der Waals surface area (Å²) in [5.74, 6) is 1.67. The molecule has 138 valence electrons. The molecule has 3 aromatic rings. The summed E-state index contributed by atoms with van der Waals surface area (Å²) in [5.41, 5.74) is 2.42. The smallest absolute Gasteiger partial charge is 0.141 e. The largest absolute Gasteiger partial charge is 0.457 e. The van der Waals surface area contributed by atoms with Crippen LogP contribution in [-0.2, 0) is 0 Å². The molecule has 1 saturated heterocycles. The molecule has 0 saturated carbocycles. The van der Waals surface area contributed by atoms with Gasteiger partial charge in [-0.05, 0) is 48.0 Å². The molecular weight excluding hydrogens is 346 g/mol. The number of hydrazine groups is 1. The Morgan fingerprint density at radius 2 is 1.46 bits per heavy atom. The summed E-state index contributed by atoms with van der Waals surface area (Å²) >= 11 is 0. The summed E-state index contributed by atoms with van der Waals surface area (Å²) in [6.45, 7) is 0. The Bertz CT molecular complexity index is 983. The fourth-order valence-corrected chi connectivity index (χ4v) is 3.85. The first-order chi connectivity index (χ1) is 13.9. The van der Waals surface area contributed by atoms with Crippen molar-refractivity contribution >= 4 is 11.9 Å². The monoisotopic (exact) mass is 367 g/mol. The van der Waals surface area contributed by atoms with Gasteiger partial charge >= 0.3 is 0 Å². The van der Waals surface area contributed by atoms with E-state index in [2.05, 4.69) is 63.7 Å². The van der Waals surface area contributed by atoms with E-state index in [9.17, 15) is 0 Å². The van der Waals surface area contributed by atoms with E-state index >= 15 is 0 Å². The highest BCUT2D eigenvalue weighted by Gasteiger charge is 2.39. The Hall–Kier alpha value is -3.53. The first kappa shape index (κ1) is 16.6. The van der Waals surface area contributed by atoms with Crippen molar-refractivity contribution in [2.75, 3.05) is 5.01 Å². The van der Waals surface area contributed by atoms with E-state index in [0.29, 0.717) is 0 Å². The SMILES string of the molecule is C1=CN2C(CC(c3ccccc3)N2c2ccc(Oc3ccccc3)cc2)N=C1. The molecule has 0 aliphatic carbocycles. The molecule has 4 heteroatoms. The van der Waals surface area contributed by atoms with Crippen LogP contribution in [0.5, 0.6) is 11.5 Å². The molecule has 0 bridgehead atoms. The lowest BCUT2D eigenvalue weighted by Gasteiger charge is -2.35. The highest BCUT2D eigenvalue weighted by atomic mass is 16.5. The van der Waals surface area contributed by atoms with E-state index in [0.717, 1.165) is 23.6 Å². The van der Waals surface area contributed by atoms with Crippen molar-refractivity contribution < 1.29 is 4.74 Å². The molecule has 2 unspecified atom stereocenters. The van der Waals surface area contributed by atoms with Crippen molar-refractivity contribution in [1.29, 1.82) is 0 Å². The lowest BCUT2D eigenvalue weighted by Crippen LogP contribution is -2.38. The van der Waals surface area contributed by atoms with Crippen LogP contribution in [0.15, 0.2) is 102 Å². The molecule has 2 aliphatic rings. The van der Waals surface area contributed by atoms with Crippen molar-refractivity contribution in [3.05, 3.63) is 103 Å². The highest BCUT2D eigenvalue weighted by molar-refractivity contribution is 5.72. The fourth-order valence-electron chi connectivity index (χ4n) is 3.85. The zero-order chi connectivity index (χ0) is 18.8. The lowest BCUT2D eigenvalue weighted by atomic mass is 10.0. The van der Waals surface area contributed by atoms with Gasteiger partial charge in [-0.15, -0.1) is 0 Å². The highest BCUT2D eigenvalue weighted by Crippen LogP contribution is 2.41. The second-order valence-electron chi connectivity index (χ2n) is 6.92. The molecule has 0 radical (unpaired) electrons. The van der Waals surface area contributed by atoms with E-state index in [1.165, 1.54) is 5.56 Å². The number of fused-ring (bicyclic) bond motifs is 1. The van der Waals surface area contributed by atoms with Crippen LogP contribution in [0.4, 0.5) is 5.69 Å². The number of ether oxygens (including phenoxy) is 1. The first-order valence-corrected chi connectivity index (χ1v) is 9.54. The van der Waals surface area contributed by atoms with Gasteiger partial charge in [0, 0.05) is 18.8 Å². The minimum atomic E-state index is 0.135. The average Bonchev–Trinajstić information content (AvgIpc) is 3.15. The van der Waals surface area contributed by atoms with Crippen molar-refractivity contribution in [1.82, 2.24) is 5.01 Å². The number of rotatable bonds is 4. The topological polar surface area (TPSA) is 28.1 Å². The molecule has 0 N–H and O–H groups in total. The minimum absolute atomic E-state index is 0.135. The maximum absolute atomic E-state index is 5.94. The van der Waals surface area contributed by atoms with Gasteiger partial charge in [0.05, 0.1) is 11.7 Å². The van der Waals surface area contributed by atoms with Crippen LogP contribution in [-0.4, -0.2) is 17.4 Å². The average molecular weight is 367 g/mol.